The highest BCUT2D eigenvalue weighted by Crippen LogP contribution is 2.45. The van der Waals surface area contributed by atoms with Crippen LogP contribution in [0.4, 0.5) is 0 Å². The van der Waals surface area contributed by atoms with Gasteiger partial charge in [-0.2, -0.15) is 10.5 Å². The molecule has 0 spiro atoms. The summed E-state index contributed by atoms with van der Waals surface area (Å²) in [6, 6.07) is 72.7. The number of rotatable bonds is 4. The van der Waals surface area contributed by atoms with Crippen LogP contribution in [-0.4, -0.2) is 18.3 Å². The van der Waals surface area contributed by atoms with E-state index in [0.717, 1.165) is 98.9 Å². The molecular formula is C56H32N6. The van der Waals surface area contributed by atoms with Crippen molar-refractivity contribution >= 4 is 87.2 Å². The van der Waals surface area contributed by atoms with Crippen molar-refractivity contribution in [3.63, 3.8) is 0 Å². The molecule has 0 radical (unpaired) electrons. The maximum Gasteiger partial charge on any atom is 0.101 e. The van der Waals surface area contributed by atoms with Crippen molar-refractivity contribution in [2.24, 2.45) is 0 Å². The van der Waals surface area contributed by atoms with Gasteiger partial charge in [0, 0.05) is 60.2 Å². The van der Waals surface area contributed by atoms with E-state index in [1.807, 2.05) is 30.3 Å². The normalized spacial score (nSPS) is 11.8. The Balaban J connectivity index is 1.12. The van der Waals surface area contributed by atoms with Gasteiger partial charge < -0.3 is 18.3 Å². The van der Waals surface area contributed by atoms with Gasteiger partial charge in [-0.25, -0.2) is 0 Å². The summed E-state index contributed by atoms with van der Waals surface area (Å²) in [5.74, 6) is 0. The van der Waals surface area contributed by atoms with Crippen molar-refractivity contribution in [1.29, 1.82) is 10.5 Å². The van der Waals surface area contributed by atoms with Crippen LogP contribution in [0.2, 0.25) is 0 Å². The predicted octanol–water partition coefficient (Wildman–Crippen LogP) is 13.8. The van der Waals surface area contributed by atoms with Crippen molar-refractivity contribution in [2.45, 2.75) is 0 Å². The molecule has 0 unspecified atom stereocenters. The van der Waals surface area contributed by atoms with Crippen molar-refractivity contribution in [3.05, 3.63) is 205 Å². The quantitative estimate of drug-likeness (QED) is 0.178. The first-order chi connectivity index (χ1) is 30.7. The van der Waals surface area contributed by atoms with Gasteiger partial charge in [0.1, 0.15) is 12.1 Å². The van der Waals surface area contributed by atoms with Crippen LogP contribution in [0.3, 0.4) is 0 Å². The van der Waals surface area contributed by atoms with Crippen LogP contribution in [-0.2, 0) is 0 Å². The molecule has 0 aliphatic heterocycles. The van der Waals surface area contributed by atoms with E-state index in [1.165, 1.54) is 5.39 Å². The zero-order valence-corrected chi connectivity index (χ0v) is 33.2. The van der Waals surface area contributed by atoms with Crippen LogP contribution < -0.4 is 0 Å². The van der Waals surface area contributed by atoms with Gasteiger partial charge in [0.2, 0.25) is 0 Å². The first-order valence-electron chi connectivity index (χ1n) is 20.7. The van der Waals surface area contributed by atoms with E-state index < -0.39 is 0 Å². The Morgan fingerprint density at radius 2 is 0.661 bits per heavy atom. The van der Waals surface area contributed by atoms with E-state index in [9.17, 15) is 10.5 Å². The smallest absolute Gasteiger partial charge is 0.101 e. The molecule has 0 N–H and O–H groups in total. The highest BCUT2D eigenvalue weighted by atomic mass is 15.0. The number of aromatic nitrogens is 4. The van der Waals surface area contributed by atoms with E-state index in [2.05, 4.69) is 194 Å². The first kappa shape index (κ1) is 34.1. The lowest BCUT2D eigenvalue weighted by molar-refractivity contribution is 1.12. The van der Waals surface area contributed by atoms with Crippen LogP contribution in [0.25, 0.3) is 110 Å². The summed E-state index contributed by atoms with van der Waals surface area (Å²) in [6.45, 7) is 0. The summed E-state index contributed by atoms with van der Waals surface area (Å²) >= 11 is 0. The second-order valence-corrected chi connectivity index (χ2v) is 15.9. The molecule has 0 bridgehead atoms. The molecule has 0 aliphatic rings. The highest BCUT2D eigenvalue weighted by molar-refractivity contribution is 6.27. The number of para-hydroxylation sites is 6. The molecular weight excluding hydrogens is 757 g/mol. The average molecular weight is 789 g/mol. The Morgan fingerprint density at radius 3 is 1.11 bits per heavy atom. The molecule has 0 saturated heterocycles. The minimum atomic E-state index is 0.413. The van der Waals surface area contributed by atoms with Crippen LogP contribution in [0.5, 0.6) is 0 Å². The minimum absolute atomic E-state index is 0.413. The number of benzene rings is 9. The molecule has 4 aromatic heterocycles. The Bertz CT molecular complexity index is 4070. The minimum Gasteiger partial charge on any atom is -0.309 e. The number of nitrogens with zero attached hydrogens (tertiary/aromatic N) is 6. The van der Waals surface area contributed by atoms with Crippen LogP contribution >= 0.6 is 0 Å². The van der Waals surface area contributed by atoms with Gasteiger partial charge in [-0.1, -0.05) is 121 Å². The Labute approximate surface area is 354 Å². The molecule has 6 nitrogen and oxygen atoms in total. The number of hydrogen-bond acceptors (Lipinski definition) is 2. The van der Waals surface area contributed by atoms with Crippen molar-refractivity contribution in [3.8, 4) is 34.9 Å². The molecule has 4 heterocycles. The predicted molar refractivity (Wildman–Crippen MR) is 253 cm³/mol. The fourth-order valence-electron chi connectivity index (χ4n) is 10.4. The fourth-order valence-corrected chi connectivity index (χ4v) is 10.4. The standard InChI is InChI=1S/C56H32N6/c57-33-35-31-39(59-48-25-13-9-21-44(48)52-50(59)29-27-42-40-19-7-11-23-46(40)60(55(42)52)37-15-3-1-4-16-37)32-36(34-58)54(35)62-49-26-14-10-22-45(49)53-51(62)30-28-43-41-20-8-12-24-47(41)61(56(43)53)38-17-5-2-6-18-38/h1-32H. The zero-order valence-electron chi connectivity index (χ0n) is 33.2. The van der Waals surface area contributed by atoms with Crippen LogP contribution in [0.1, 0.15) is 11.1 Å². The molecule has 0 fully saturated rings. The topological polar surface area (TPSA) is 67.3 Å². The molecule has 6 heteroatoms. The first-order valence-corrected chi connectivity index (χ1v) is 20.7. The summed E-state index contributed by atoms with van der Waals surface area (Å²) in [6.07, 6.45) is 0. The third kappa shape index (κ3) is 4.50. The average Bonchev–Trinajstić information content (AvgIpc) is 4.06. The molecule has 0 aliphatic carbocycles. The van der Waals surface area contributed by atoms with Crippen molar-refractivity contribution in [2.75, 3.05) is 0 Å². The monoisotopic (exact) mass is 788 g/mol. The molecule has 286 valence electrons. The third-order valence-corrected chi connectivity index (χ3v) is 12.8. The number of fused-ring (bicyclic) bond motifs is 14. The molecule has 0 saturated carbocycles. The maximum atomic E-state index is 11.2. The van der Waals surface area contributed by atoms with Gasteiger partial charge in [0.15, 0.2) is 0 Å². The largest absolute Gasteiger partial charge is 0.309 e. The second-order valence-electron chi connectivity index (χ2n) is 15.9. The number of hydrogen-bond donors (Lipinski definition) is 0. The van der Waals surface area contributed by atoms with Crippen LogP contribution in [0, 0.1) is 22.7 Å². The molecule has 0 amide bonds. The van der Waals surface area contributed by atoms with Gasteiger partial charge in [-0.15, -0.1) is 0 Å². The number of nitriles is 2. The SMILES string of the molecule is N#Cc1cc(-n2c3ccccc3c3c2ccc2c4ccccc4n(-c4ccccc4)c23)cc(C#N)c1-n1c2ccccc2c2c1ccc1c3ccccc3n(-c3ccccc3)c12. The van der Waals surface area contributed by atoms with E-state index in [0.29, 0.717) is 16.8 Å². The van der Waals surface area contributed by atoms with Gasteiger partial charge in [-0.05, 0) is 72.8 Å². The summed E-state index contributed by atoms with van der Waals surface area (Å²) in [5, 5.41) is 31.3. The Hall–Kier alpha value is -8.84. The van der Waals surface area contributed by atoms with E-state index in [-0.39, 0.29) is 0 Å². The molecule has 0 atom stereocenters. The second kappa shape index (κ2) is 12.8. The van der Waals surface area contributed by atoms with E-state index in [1.54, 1.807) is 0 Å². The molecule has 9 aromatic carbocycles. The molecule has 13 aromatic rings. The zero-order chi connectivity index (χ0) is 41.1. The van der Waals surface area contributed by atoms with E-state index in [4.69, 9.17) is 0 Å². The lowest BCUT2D eigenvalue weighted by Gasteiger charge is -2.16. The molecule has 62 heavy (non-hydrogen) atoms. The van der Waals surface area contributed by atoms with Gasteiger partial charge in [-0.3, -0.25) is 0 Å². The fraction of sp³-hybridized carbons (Fsp3) is 0. The van der Waals surface area contributed by atoms with Gasteiger partial charge in [0.25, 0.3) is 0 Å². The highest BCUT2D eigenvalue weighted by Gasteiger charge is 2.26. The van der Waals surface area contributed by atoms with Gasteiger partial charge in [0.05, 0.1) is 60.9 Å². The summed E-state index contributed by atoms with van der Waals surface area (Å²) < 4.78 is 9.06. The lowest BCUT2D eigenvalue weighted by Crippen LogP contribution is -2.04. The summed E-state index contributed by atoms with van der Waals surface area (Å²) in [4.78, 5) is 0. The lowest BCUT2D eigenvalue weighted by atomic mass is 10.1. The molecule has 13 rings (SSSR count). The Kier molecular flexibility index (Phi) is 7.05. The van der Waals surface area contributed by atoms with Gasteiger partial charge >= 0.3 is 0 Å². The van der Waals surface area contributed by atoms with E-state index >= 15 is 0 Å². The van der Waals surface area contributed by atoms with Crippen molar-refractivity contribution in [1.82, 2.24) is 18.3 Å². The van der Waals surface area contributed by atoms with Crippen molar-refractivity contribution < 1.29 is 0 Å². The summed E-state index contributed by atoms with van der Waals surface area (Å²) in [5.41, 5.74) is 12.6. The maximum absolute atomic E-state index is 11.2. The third-order valence-electron chi connectivity index (χ3n) is 12.8. The Morgan fingerprint density at radius 1 is 0.290 bits per heavy atom. The summed E-state index contributed by atoms with van der Waals surface area (Å²) in [7, 11) is 0. The van der Waals surface area contributed by atoms with Crippen LogP contribution in [0.15, 0.2) is 194 Å².